The molecule has 0 aliphatic rings. The van der Waals surface area contributed by atoms with Crippen LogP contribution in [0.5, 0.6) is 5.75 Å². The fraction of sp³-hybridized carbons (Fsp3) is 0.412. The van der Waals surface area contributed by atoms with Crippen LogP contribution in [0.2, 0.25) is 0 Å². The summed E-state index contributed by atoms with van der Waals surface area (Å²) in [6, 6.07) is 5.74. The molecule has 0 saturated carbocycles. The van der Waals surface area contributed by atoms with Crippen LogP contribution in [0, 0.1) is 0 Å². The van der Waals surface area contributed by atoms with Crippen molar-refractivity contribution in [3.05, 3.63) is 30.0 Å². The maximum absolute atomic E-state index is 12.3. The molecule has 1 unspecified atom stereocenters. The predicted molar refractivity (Wildman–Crippen MR) is 85.5 cm³/mol. The van der Waals surface area contributed by atoms with Crippen LogP contribution in [0.3, 0.4) is 0 Å². The first-order chi connectivity index (χ1) is 11.0. The number of carbonyl (C=O) groups is 2. The molecule has 1 atom stereocenters. The van der Waals surface area contributed by atoms with Crippen LogP contribution in [0.25, 0.3) is 10.9 Å². The minimum absolute atomic E-state index is 0.0919. The van der Waals surface area contributed by atoms with E-state index in [0.717, 1.165) is 0 Å². The number of hydrogen-bond acceptors (Lipinski definition) is 5. The van der Waals surface area contributed by atoms with Gasteiger partial charge in [0, 0.05) is 10.9 Å². The van der Waals surface area contributed by atoms with Crippen LogP contribution < -0.4 is 0 Å². The molecular weight excluding hydrogens is 298 g/mol. The molecule has 0 aliphatic heterocycles. The first kappa shape index (κ1) is 16.9. The first-order valence-electron chi connectivity index (χ1n) is 7.71. The van der Waals surface area contributed by atoms with E-state index in [2.05, 4.69) is 0 Å². The van der Waals surface area contributed by atoms with E-state index in [0.29, 0.717) is 17.3 Å². The number of fused-ring (bicyclic) bond motifs is 1. The fourth-order valence-electron chi connectivity index (χ4n) is 2.61. The monoisotopic (exact) mass is 319 g/mol. The van der Waals surface area contributed by atoms with Gasteiger partial charge < -0.3 is 19.1 Å². The van der Waals surface area contributed by atoms with Crippen molar-refractivity contribution in [2.45, 2.75) is 33.2 Å². The molecule has 6 nitrogen and oxygen atoms in total. The Labute approximate surface area is 134 Å². The smallest absolute Gasteiger partial charge is 0.354 e. The quantitative estimate of drug-likeness (QED) is 0.828. The Morgan fingerprint density at radius 3 is 2.43 bits per heavy atom. The number of aromatic nitrogens is 1. The third-order valence-electron chi connectivity index (χ3n) is 3.56. The highest BCUT2D eigenvalue weighted by molar-refractivity contribution is 5.97. The Morgan fingerprint density at radius 1 is 1.13 bits per heavy atom. The molecule has 2 aromatic rings. The molecule has 0 aliphatic carbocycles. The van der Waals surface area contributed by atoms with E-state index < -0.39 is 18.0 Å². The predicted octanol–water partition coefficient (Wildman–Crippen LogP) is 3.04. The molecule has 6 heteroatoms. The van der Waals surface area contributed by atoms with Gasteiger partial charge in [-0.05, 0) is 44.5 Å². The number of carbonyl (C=O) groups excluding carboxylic acids is 2. The summed E-state index contributed by atoms with van der Waals surface area (Å²) in [7, 11) is 0. The van der Waals surface area contributed by atoms with Crippen molar-refractivity contribution in [1.29, 1.82) is 0 Å². The lowest BCUT2D eigenvalue weighted by Gasteiger charge is -2.19. The zero-order chi connectivity index (χ0) is 17.0. The van der Waals surface area contributed by atoms with Crippen LogP contribution in [-0.4, -0.2) is 34.8 Å². The van der Waals surface area contributed by atoms with Crippen LogP contribution >= 0.6 is 0 Å². The first-order valence-corrected chi connectivity index (χ1v) is 7.71. The Bertz CT molecular complexity index is 719. The Kier molecular flexibility index (Phi) is 5.26. The van der Waals surface area contributed by atoms with Gasteiger partial charge in [-0.25, -0.2) is 9.59 Å². The normalized spacial score (nSPS) is 12.1. The van der Waals surface area contributed by atoms with E-state index in [-0.39, 0.29) is 24.7 Å². The molecule has 1 aromatic heterocycles. The third kappa shape index (κ3) is 3.31. The summed E-state index contributed by atoms with van der Waals surface area (Å²) in [6.07, 6.45) is 0.468. The standard InChI is InChI=1S/C17H21NO5/c1-4-13(16(20)22-5-2)18-14-8-7-12(19)9-11(14)10-15(18)17(21)23-6-3/h7-10,13,19H,4-6H2,1-3H3. The Morgan fingerprint density at radius 2 is 1.83 bits per heavy atom. The molecule has 0 fully saturated rings. The number of rotatable bonds is 6. The fourth-order valence-corrected chi connectivity index (χ4v) is 2.61. The van der Waals surface area contributed by atoms with Crippen LogP contribution in [0.4, 0.5) is 0 Å². The number of benzene rings is 1. The molecule has 0 bridgehead atoms. The topological polar surface area (TPSA) is 77.8 Å². The average Bonchev–Trinajstić information content (AvgIpc) is 2.87. The molecule has 0 saturated heterocycles. The van der Waals surface area contributed by atoms with Crippen molar-refractivity contribution in [3.8, 4) is 5.75 Å². The Balaban J connectivity index is 2.64. The van der Waals surface area contributed by atoms with E-state index in [4.69, 9.17) is 9.47 Å². The van der Waals surface area contributed by atoms with Crippen molar-refractivity contribution in [2.75, 3.05) is 13.2 Å². The summed E-state index contributed by atoms with van der Waals surface area (Å²) in [4.78, 5) is 24.5. The van der Waals surface area contributed by atoms with Crippen molar-refractivity contribution in [3.63, 3.8) is 0 Å². The van der Waals surface area contributed by atoms with Gasteiger partial charge in [0.2, 0.25) is 0 Å². The zero-order valence-electron chi connectivity index (χ0n) is 13.5. The minimum Gasteiger partial charge on any atom is -0.508 e. The van der Waals surface area contributed by atoms with E-state index in [1.807, 2.05) is 6.92 Å². The molecule has 2 rings (SSSR count). The maximum atomic E-state index is 12.3. The van der Waals surface area contributed by atoms with E-state index >= 15 is 0 Å². The summed E-state index contributed by atoms with van der Waals surface area (Å²) in [6.45, 7) is 5.82. The van der Waals surface area contributed by atoms with Crippen molar-refractivity contribution < 1.29 is 24.2 Å². The van der Waals surface area contributed by atoms with Gasteiger partial charge in [-0.2, -0.15) is 0 Å². The lowest BCUT2D eigenvalue weighted by atomic mass is 10.2. The van der Waals surface area contributed by atoms with Crippen molar-refractivity contribution in [2.24, 2.45) is 0 Å². The number of esters is 2. The number of aromatic hydroxyl groups is 1. The van der Waals surface area contributed by atoms with Gasteiger partial charge in [0.25, 0.3) is 0 Å². The molecule has 0 amide bonds. The summed E-state index contributed by atoms with van der Waals surface area (Å²) in [5, 5.41) is 10.3. The third-order valence-corrected chi connectivity index (χ3v) is 3.56. The summed E-state index contributed by atoms with van der Waals surface area (Å²) < 4.78 is 11.8. The van der Waals surface area contributed by atoms with Gasteiger partial charge in [0.05, 0.1) is 13.2 Å². The molecule has 1 aromatic carbocycles. The Hall–Kier alpha value is -2.50. The zero-order valence-corrected chi connectivity index (χ0v) is 13.5. The lowest BCUT2D eigenvalue weighted by Crippen LogP contribution is -2.25. The van der Waals surface area contributed by atoms with Gasteiger partial charge in [-0.15, -0.1) is 0 Å². The van der Waals surface area contributed by atoms with Gasteiger partial charge in [-0.3, -0.25) is 0 Å². The van der Waals surface area contributed by atoms with Crippen LogP contribution in [0.15, 0.2) is 24.3 Å². The second kappa shape index (κ2) is 7.17. The minimum atomic E-state index is -0.628. The molecule has 0 spiro atoms. The SMILES string of the molecule is CCOC(=O)c1cc2cc(O)ccc2n1C(CC)C(=O)OCC. The number of hydrogen-bond donors (Lipinski definition) is 1. The molecular formula is C17H21NO5. The number of phenolic OH excluding ortho intramolecular Hbond substituents is 1. The summed E-state index contributed by atoms with van der Waals surface area (Å²) >= 11 is 0. The second-order valence-corrected chi connectivity index (χ2v) is 5.04. The molecule has 1 heterocycles. The van der Waals surface area contributed by atoms with E-state index in [9.17, 15) is 14.7 Å². The van der Waals surface area contributed by atoms with Crippen molar-refractivity contribution >= 4 is 22.8 Å². The average molecular weight is 319 g/mol. The number of phenols is 1. The molecule has 0 radical (unpaired) electrons. The summed E-state index contributed by atoms with van der Waals surface area (Å²) in [5.74, 6) is -0.814. The number of ether oxygens (including phenoxy) is 2. The van der Waals surface area contributed by atoms with Gasteiger partial charge in [-0.1, -0.05) is 6.92 Å². The van der Waals surface area contributed by atoms with Crippen molar-refractivity contribution in [1.82, 2.24) is 4.57 Å². The molecule has 124 valence electrons. The second-order valence-electron chi connectivity index (χ2n) is 5.04. The highest BCUT2D eigenvalue weighted by Gasteiger charge is 2.27. The van der Waals surface area contributed by atoms with E-state index in [1.165, 1.54) is 6.07 Å². The van der Waals surface area contributed by atoms with Gasteiger partial charge in [0.15, 0.2) is 0 Å². The van der Waals surface area contributed by atoms with E-state index in [1.54, 1.807) is 36.6 Å². The van der Waals surface area contributed by atoms with Gasteiger partial charge in [0.1, 0.15) is 17.5 Å². The molecule has 23 heavy (non-hydrogen) atoms. The molecule has 1 N–H and O–H groups in total. The largest absolute Gasteiger partial charge is 0.508 e. The lowest BCUT2D eigenvalue weighted by molar-refractivity contribution is -0.147. The highest BCUT2D eigenvalue weighted by Crippen LogP contribution is 2.29. The maximum Gasteiger partial charge on any atom is 0.354 e. The van der Waals surface area contributed by atoms with Gasteiger partial charge >= 0.3 is 11.9 Å². The highest BCUT2D eigenvalue weighted by atomic mass is 16.5. The number of nitrogens with zero attached hydrogens (tertiary/aromatic N) is 1. The van der Waals surface area contributed by atoms with Crippen LogP contribution in [-0.2, 0) is 14.3 Å². The summed E-state index contributed by atoms with van der Waals surface area (Å²) in [5.41, 5.74) is 0.943. The van der Waals surface area contributed by atoms with Crippen LogP contribution in [0.1, 0.15) is 43.7 Å².